The van der Waals surface area contributed by atoms with E-state index >= 15 is 0 Å². The minimum Gasteiger partial charge on any atom is -0.490 e. The highest BCUT2D eigenvalue weighted by Crippen LogP contribution is 2.29. The Bertz CT molecular complexity index is 853. The van der Waals surface area contributed by atoms with Crippen LogP contribution in [0.3, 0.4) is 0 Å². The number of carbonyl (C=O) groups excluding carboxylic acids is 1. The molecular formula is C25H34N2O3. The van der Waals surface area contributed by atoms with Gasteiger partial charge in [-0.05, 0) is 88.7 Å². The molecule has 5 nitrogen and oxygen atoms in total. The van der Waals surface area contributed by atoms with Crippen LogP contribution < -0.4 is 4.74 Å². The fraction of sp³-hybridized carbons (Fsp3) is 0.600. The van der Waals surface area contributed by atoms with Crippen LogP contribution in [0.15, 0.2) is 30.3 Å². The molecule has 0 amide bonds. The molecule has 0 unspecified atom stereocenters. The maximum atomic E-state index is 11.9. The first-order chi connectivity index (χ1) is 14.6. The Balaban J connectivity index is 1.33. The van der Waals surface area contributed by atoms with Crippen molar-refractivity contribution in [2.24, 2.45) is 11.8 Å². The number of ether oxygens (including phenoxy) is 2. The SMILES string of the molecule is CCOC(=O)C1CCN(Cc2ccc3cc(OC4CCC(C)CC4)ccc3n2)CC1. The molecule has 2 heterocycles. The number of esters is 1. The van der Waals surface area contributed by atoms with E-state index in [9.17, 15) is 4.79 Å². The fourth-order valence-corrected chi connectivity index (χ4v) is 4.66. The van der Waals surface area contributed by atoms with Crippen molar-refractivity contribution in [3.63, 3.8) is 0 Å². The van der Waals surface area contributed by atoms with Gasteiger partial charge in [-0.25, -0.2) is 0 Å². The summed E-state index contributed by atoms with van der Waals surface area (Å²) in [5.41, 5.74) is 2.09. The van der Waals surface area contributed by atoms with Gasteiger partial charge in [0.15, 0.2) is 0 Å². The average molecular weight is 411 g/mol. The number of piperidine rings is 1. The zero-order valence-electron chi connectivity index (χ0n) is 18.3. The standard InChI is InChI=1S/C25H34N2O3/c1-3-29-25(28)19-12-14-27(15-13-19)17-21-7-6-20-16-23(10-11-24(20)26-21)30-22-8-4-18(2)5-9-22/h6-7,10-11,16,18-19,22H,3-5,8-9,12-15,17H2,1-2H3. The van der Waals surface area contributed by atoms with Gasteiger partial charge >= 0.3 is 5.97 Å². The zero-order chi connectivity index (χ0) is 20.9. The second-order valence-corrected chi connectivity index (χ2v) is 8.96. The summed E-state index contributed by atoms with van der Waals surface area (Å²) in [6.45, 7) is 7.31. The Morgan fingerprint density at radius 1 is 1.07 bits per heavy atom. The van der Waals surface area contributed by atoms with Crippen LogP contribution in [0.2, 0.25) is 0 Å². The molecule has 2 aliphatic rings. The van der Waals surface area contributed by atoms with Crippen molar-refractivity contribution < 1.29 is 14.3 Å². The maximum absolute atomic E-state index is 11.9. The van der Waals surface area contributed by atoms with Crippen molar-refractivity contribution in [1.82, 2.24) is 9.88 Å². The monoisotopic (exact) mass is 410 g/mol. The average Bonchev–Trinajstić information content (AvgIpc) is 2.76. The van der Waals surface area contributed by atoms with Crippen LogP contribution in [-0.2, 0) is 16.1 Å². The number of hydrogen-bond acceptors (Lipinski definition) is 5. The molecule has 0 spiro atoms. The third kappa shape index (κ3) is 5.31. The van der Waals surface area contributed by atoms with Crippen LogP contribution in [0.25, 0.3) is 10.9 Å². The molecule has 1 aliphatic heterocycles. The number of carbonyl (C=O) groups is 1. The molecule has 162 valence electrons. The van der Waals surface area contributed by atoms with E-state index in [-0.39, 0.29) is 11.9 Å². The number of fused-ring (bicyclic) bond motifs is 1. The summed E-state index contributed by atoms with van der Waals surface area (Å²) in [4.78, 5) is 19.2. The van der Waals surface area contributed by atoms with Crippen LogP contribution in [0.4, 0.5) is 0 Å². The predicted molar refractivity (Wildman–Crippen MR) is 118 cm³/mol. The van der Waals surface area contributed by atoms with Crippen molar-refractivity contribution >= 4 is 16.9 Å². The first-order valence-electron chi connectivity index (χ1n) is 11.6. The fourth-order valence-electron chi connectivity index (χ4n) is 4.66. The quantitative estimate of drug-likeness (QED) is 0.630. The van der Waals surface area contributed by atoms with Gasteiger partial charge in [-0.2, -0.15) is 0 Å². The third-order valence-electron chi connectivity index (χ3n) is 6.58. The summed E-state index contributed by atoms with van der Waals surface area (Å²) >= 11 is 0. The lowest BCUT2D eigenvalue weighted by Crippen LogP contribution is -2.36. The van der Waals surface area contributed by atoms with E-state index in [2.05, 4.69) is 42.2 Å². The smallest absolute Gasteiger partial charge is 0.309 e. The number of aromatic nitrogens is 1. The Morgan fingerprint density at radius 3 is 2.57 bits per heavy atom. The van der Waals surface area contributed by atoms with Gasteiger partial charge in [-0.3, -0.25) is 14.7 Å². The number of hydrogen-bond donors (Lipinski definition) is 0. The molecule has 1 saturated heterocycles. The summed E-state index contributed by atoms with van der Waals surface area (Å²) in [5, 5.41) is 1.13. The Hall–Kier alpha value is -2.14. The van der Waals surface area contributed by atoms with Gasteiger partial charge in [0.2, 0.25) is 0 Å². The van der Waals surface area contributed by atoms with Gasteiger partial charge in [-0.15, -0.1) is 0 Å². The van der Waals surface area contributed by atoms with Gasteiger partial charge in [0, 0.05) is 11.9 Å². The molecule has 30 heavy (non-hydrogen) atoms. The molecular weight excluding hydrogens is 376 g/mol. The largest absolute Gasteiger partial charge is 0.490 e. The molecule has 0 bridgehead atoms. The predicted octanol–water partition coefficient (Wildman–Crippen LogP) is 4.97. The molecule has 2 fully saturated rings. The first-order valence-corrected chi connectivity index (χ1v) is 11.6. The highest BCUT2D eigenvalue weighted by molar-refractivity contribution is 5.80. The Labute approximate surface area is 179 Å². The van der Waals surface area contributed by atoms with Crippen molar-refractivity contribution in [3.8, 4) is 5.75 Å². The van der Waals surface area contributed by atoms with E-state index in [1.165, 1.54) is 12.8 Å². The number of nitrogens with zero attached hydrogens (tertiary/aromatic N) is 2. The molecule has 1 aliphatic carbocycles. The van der Waals surface area contributed by atoms with Crippen LogP contribution in [0.5, 0.6) is 5.75 Å². The first kappa shape index (κ1) is 21.1. The molecule has 5 heteroatoms. The summed E-state index contributed by atoms with van der Waals surface area (Å²) in [7, 11) is 0. The molecule has 4 rings (SSSR count). The van der Waals surface area contributed by atoms with Crippen molar-refractivity contribution in [2.75, 3.05) is 19.7 Å². The van der Waals surface area contributed by atoms with E-state index in [0.29, 0.717) is 12.7 Å². The minimum atomic E-state index is -0.0401. The molecule has 2 aromatic rings. The van der Waals surface area contributed by atoms with E-state index in [1.807, 2.05) is 6.92 Å². The van der Waals surface area contributed by atoms with E-state index < -0.39 is 0 Å². The lowest BCUT2D eigenvalue weighted by Gasteiger charge is -2.30. The normalized spacial score (nSPS) is 23.4. The van der Waals surface area contributed by atoms with Crippen LogP contribution in [0.1, 0.15) is 58.1 Å². The molecule has 1 aromatic heterocycles. The highest BCUT2D eigenvalue weighted by atomic mass is 16.5. The summed E-state index contributed by atoms with van der Waals surface area (Å²) in [5.74, 6) is 1.80. The Morgan fingerprint density at radius 2 is 1.83 bits per heavy atom. The number of rotatable bonds is 6. The van der Waals surface area contributed by atoms with Gasteiger partial charge in [-0.1, -0.05) is 13.0 Å². The van der Waals surface area contributed by atoms with Gasteiger partial charge in [0.05, 0.1) is 29.8 Å². The van der Waals surface area contributed by atoms with Crippen LogP contribution in [-0.4, -0.2) is 41.7 Å². The lowest BCUT2D eigenvalue weighted by atomic mass is 9.89. The maximum Gasteiger partial charge on any atom is 0.309 e. The summed E-state index contributed by atoms with van der Waals surface area (Å²) in [6, 6.07) is 10.5. The molecule has 0 atom stereocenters. The lowest BCUT2D eigenvalue weighted by molar-refractivity contribution is -0.149. The topological polar surface area (TPSA) is 51.7 Å². The number of pyridine rings is 1. The van der Waals surface area contributed by atoms with E-state index in [0.717, 1.165) is 73.6 Å². The van der Waals surface area contributed by atoms with Crippen molar-refractivity contribution in [2.45, 2.75) is 65.0 Å². The number of benzene rings is 1. The van der Waals surface area contributed by atoms with E-state index in [1.54, 1.807) is 0 Å². The molecule has 1 aromatic carbocycles. The zero-order valence-corrected chi connectivity index (χ0v) is 18.3. The highest BCUT2D eigenvalue weighted by Gasteiger charge is 2.26. The third-order valence-corrected chi connectivity index (χ3v) is 6.58. The van der Waals surface area contributed by atoms with Crippen molar-refractivity contribution in [3.05, 3.63) is 36.0 Å². The second kappa shape index (κ2) is 9.78. The van der Waals surface area contributed by atoms with Crippen LogP contribution in [0, 0.1) is 11.8 Å². The van der Waals surface area contributed by atoms with Gasteiger partial charge < -0.3 is 9.47 Å². The summed E-state index contributed by atoms with van der Waals surface area (Å²) in [6.07, 6.45) is 6.93. The minimum absolute atomic E-state index is 0.0401. The molecule has 0 N–H and O–H groups in total. The second-order valence-electron chi connectivity index (χ2n) is 8.96. The van der Waals surface area contributed by atoms with Gasteiger partial charge in [0.1, 0.15) is 5.75 Å². The Kier molecular flexibility index (Phi) is 6.88. The molecule has 0 radical (unpaired) electrons. The summed E-state index contributed by atoms with van der Waals surface area (Å²) < 4.78 is 11.4. The van der Waals surface area contributed by atoms with Gasteiger partial charge in [0.25, 0.3) is 0 Å². The molecule has 1 saturated carbocycles. The van der Waals surface area contributed by atoms with E-state index in [4.69, 9.17) is 14.5 Å². The van der Waals surface area contributed by atoms with Crippen LogP contribution >= 0.6 is 0 Å². The van der Waals surface area contributed by atoms with Crippen molar-refractivity contribution in [1.29, 1.82) is 0 Å². The number of likely N-dealkylation sites (tertiary alicyclic amines) is 1.